The fraction of sp³-hybridized carbons (Fsp3) is 0.200. The van der Waals surface area contributed by atoms with E-state index in [0.717, 1.165) is 27.8 Å². The third kappa shape index (κ3) is 4.52. The van der Waals surface area contributed by atoms with E-state index in [1.165, 1.54) is 32.3 Å². The number of hydrogen-bond donors (Lipinski definition) is 1. The molecule has 0 fully saturated rings. The van der Waals surface area contributed by atoms with E-state index < -0.39 is 40.3 Å². The fourth-order valence-electron chi connectivity index (χ4n) is 2.99. The Morgan fingerprint density at radius 1 is 1.03 bits per heavy atom. The molecule has 32 heavy (non-hydrogen) atoms. The summed E-state index contributed by atoms with van der Waals surface area (Å²) in [6, 6.07) is 7.14. The SMILES string of the molecule is CN(C(=O)c1ccc(-c2cc(C(F)(F)F)nn2C)c(O)c1)c1ccc(Cl)c(C(F)(F)F)c1. The van der Waals surface area contributed by atoms with Gasteiger partial charge in [-0.3, -0.25) is 9.48 Å². The molecule has 1 N–H and O–H groups in total. The molecule has 0 atom stereocenters. The van der Waals surface area contributed by atoms with Crippen LogP contribution in [0.4, 0.5) is 32.0 Å². The van der Waals surface area contributed by atoms with Crippen LogP contribution in [-0.4, -0.2) is 27.8 Å². The standard InChI is InChI=1S/C20H14ClF6N3O2/c1-29(11-4-6-14(21)13(8-11)19(22,23)24)18(32)10-3-5-12(16(31)7-10)15-9-17(20(25,26)27)28-30(15)2/h3-9,31H,1-2H3. The van der Waals surface area contributed by atoms with Gasteiger partial charge in [-0.2, -0.15) is 31.4 Å². The maximum Gasteiger partial charge on any atom is 0.435 e. The van der Waals surface area contributed by atoms with Crippen molar-refractivity contribution in [2.75, 3.05) is 11.9 Å². The van der Waals surface area contributed by atoms with Gasteiger partial charge in [0.25, 0.3) is 5.91 Å². The first-order valence-electron chi connectivity index (χ1n) is 8.79. The Labute approximate surface area is 182 Å². The van der Waals surface area contributed by atoms with Crippen LogP contribution in [0.5, 0.6) is 5.75 Å². The minimum absolute atomic E-state index is 0.0134. The van der Waals surface area contributed by atoms with Crippen LogP contribution in [-0.2, 0) is 19.4 Å². The van der Waals surface area contributed by atoms with E-state index in [-0.39, 0.29) is 22.5 Å². The summed E-state index contributed by atoms with van der Waals surface area (Å²) >= 11 is 5.59. The number of phenols is 1. The zero-order valence-electron chi connectivity index (χ0n) is 16.4. The molecule has 12 heteroatoms. The number of anilines is 1. The summed E-state index contributed by atoms with van der Waals surface area (Å²) in [5.74, 6) is -1.27. The highest BCUT2D eigenvalue weighted by molar-refractivity contribution is 6.31. The Kier molecular flexibility index (Phi) is 5.90. The smallest absolute Gasteiger partial charge is 0.435 e. The van der Waals surface area contributed by atoms with Crippen LogP contribution in [0, 0.1) is 0 Å². The van der Waals surface area contributed by atoms with E-state index in [1.54, 1.807) is 0 Å². The van der Waals surface area contributed by atoms with Crippen molar-refractivity contribution in [1.29, 1.82) is 0 Å². The van der Waals surface area contributed by atoms with Gasteiger partial charge in [0.15, 0.2) is 5.69 Å². The highest BCUT2D eigenvalue weighted by Crippen LogP contribution is 2.38. The number of phenolic OH excluding ortho intramolecular Hbond substituents is 1. The molecule has 1 amide bonds. The van der Waals surface area contributed by atoms with E-state index >= 15 is 0 Å². The number of carbonyl (C=O) groups excluding carboxylic acids is 1. The van der Waals surface area contributed by atoms with Gasteiger partial charge in [0.1, 0.15) is 5.75 Å². The molecule has 0 aliphatic heterocycles. The first-order chi connectivity index (χ1) is 14.7. The molecule has 3 rings (SSSR count). The van der Waals surface area contributed by atoms with Gasteiger partial charge >= 0.3 is 12.4 Å². The monoisotopic (exact) mass is 477 g/mol. The highest BCUT2D eigenvalue weighted by atomic mass is 35.5. The molecule has 0 radical (unpaired) electrons. The molecule has 0 saturated carbocycles. The van der Waals surface area contributed by atoms with Crippen LogP contribution in [0.3, 0.4) is 0 Å². The molecule has 0 bridgehead atoms. The van der Waals surface area contributed by atoms with Gasteiger partial charge in [-0.15, -0.1) is 0 Å². The normalized spacial score (nSPS) is 12.2. The molecular weight excluding hydrogens is 464 g/mol. The minimum Gasteiger partial charge on any atom is -0.507 e. The molecule has 3 aromatic rings. The van der Waals surface area contributed by atoms with Crippen LogP contribution < -0.4 is 4.90 Å². The van der Waals surface area contributed by atoms with Gasteiger partial charge in [0.2, 0.25) is 0 Å². The summed E-state index contributed by atoms with van der Waals surface area (Å²) < 4.78 is 78.8. The number of carbonyl (C=O) groups is 1. The lowest BCUT2D eigenvalue weighted by atomic mass is 10.1. The molecule has 1 aromatic heterocycles. The Balaban J connectivity index is 1.93. The van der Waals surface area contributed by atoms with Crippen molar-refractivity contribution < 1.29 is 36.2 Å². The third-order valence-corrected chi connectivity index (χ3v) is 4.97. The summed E-state index contributed by atoms with van der Waals surface area (Å²) in [5, 5.41) is 13.1. The first kappa shape index (κ1) is 23.5. The molecule has 0 aliphatic carbocycles. The number of aromatic nitrogens is 2. The van der Waals surface area contributed by atoms with Crippen LogP contribution in [0.2, 0.25) is 5.02 Å². The topological polar surface area (TPSA) is 58.4 Å². The number of hydrogen-bond acceptors (Lipinski definition) is 3. The van der Waals surface area contributed by atoms with Gasteiger partial charge in [-0.05, 0) is 42.5 Å². The van der Waals surface area contributed by atoms with E-state index in [2.05, 4.69) is 5.10 Å². The van der Waals surface area contributed by atoms with Crippen molar-refractivity contribution in [3.05, 3.63) is 64.3 Å². The molecule has 170 valence electrons. The van der Waals surface area contributed by atoms with Gasteiger partial charge < -0.3 is 10.0 Å². The molecule has 0 saturated heterocycles. The van der Waals surface area contributed by atoms with Crippen LogP contribution in [0.25, 0.3) is 11.3 Å². The van der Waals surface area contributed by atoms with Crippen molar-refractivity contribution in [1.82, 2.24) is 9.78 Å². The summed E-state index contributed by atoms with van der Waals surface area (Å²) in [6.45, 7) is 0. The Bertz CT molecular complexity index is 1190. The zero-order valence-corrected chi connectivity index (χ0v) is 17.1. The number of rotatable bonds is 3. The van der Waals surface area contributed by atoms with Gasteiger partial charge in [-0.25, -0.2) is 0 Å². The fourth-order valence-corrected chi connectivity index (χ4v) is 3.21. The highest BCUT2D eigenvalue weighted by Gasteiger charge is 2.35. The minimum atomic E-state index is -4.73. The van der Waals surface area contributed by atoms with E-state index in [0.29, 0.717) is 6.07 Å². The number of nitrogens with zero attached hydrogens (tertiary/aromatic N) is 3. The third-order valence-electron chi connectivity index (χ3n) is 4.64. The molecule has 1 heterocycles. The quantitative estimate of drug-likeness (QED) is 0.488. The van der Waals surface area contributed by atoms with Crippen molar-refractivity contribution in [2.45, 2.75) is 12.4 Å². The largest absolute Gasteiger partial charge is 0.507 e. The second-order valence-corrected chi connectivity index (χ2v) is 7.20. The number of benzene rings is 2. The van der Waals surface area contributed by atoms with Crippen molar-refractivity contribution in [2.24, 2.45) is 7.05 Å². The average molecular weight is 478 g/mol. The summed E-state index contributed by atoms with van der Waals surface area (Å²) in [5.41, 5.74) is -2.54. The zero-order chi connectivity index (χ0) is 24.0. The number of amides is 1. The molecule has 0 spiro atoms. The van der Waals surface area contributed by atoms with Gasteiger partial charge in [0, 0.05) is 30.9 Å². The first-order valence-corrected chi connectivity index (χ1v) is 9.17. The molecular formula is C20H14ClF6N3O2. The maximum atomic E-state index is 13.1. The lowest BCUT2D eigenvalue weighted by Crippen LogP contribution is -2.26. The number of alkyl halides is 6. The number of aryl methyl sites for hydroxylation is 1. The van der Waals surface area contributed by atoms with Crippen LogP contribution >= 0.6 is 11.6 Å². The van der Waals surface area contributed by atoms with Gasteiger partial charge in [-0.1, -0.05) is 11.6 Å². The maximum absolute atomic E-state index is 13.1. The van der Waals surface area contributed by atoms with Crippen LogP contribution in [0.15, 0.2) is 42.5 Å². The number of aromatic hydroxyl groups is 1. The molecule has 2 aromatic carbocycles. The lowest BCUT2D eigenvalue weighted by molar-refractivity contribution is -0.141. The average Bonchev–Trinajstić information content (AvgIpc) is 3.08. The van der Waals surface area contributed by atoms with Crippen molar-refractivity contribution in [3.63, 3.8) is 0 Å². The summed E-state index contributed by atoms with van der Waals surface area (Å²) in [7, 11) is 2.49. The summed E-state index contributed by atoms with van der Waals surface area (Å²) in [4.78, 5) is 13.7. The van der Waals surface area contributed by atoms with E-state index in [4.69, 9.17) is 11.6 Å². The van der Waals surface area contributed by atoms with Gasteiger partial charge in [0.05, 0.1) is 16.3 Å². The Morgan fingerprint density at radius 2 is 1.69 bits per heavy atom. The molecule has 0 unspecified atom stereocenters. The Hall–Kier alpha value is -3.21. The van der Waals surface area contributed by atoms with Crippen LogP contribution in [0.1, 0.15) is 21.6 Å². The number of halogens is 7. The van der Waals surface area contributed by atoms with E-state index in [1.807, 2.05) is 0 Å². The summed E-state index contributed by atoms with van der Waals surface area (Å²) in [6.07, 6.45) is -9.41. The molecule has 5 nitrogen and oxygen atoms in total. The predicted molar refractivity (Wildman–Crippen MR) is 104 cm³/mol. The second-order valence-electron chi connectivity index (χ2n) is 6.79. The predicted octanol–water partition coefficient (Wildman–Crippen LogP) is 5.76. The lowest BCUT2D eigenvalue weighted by Gasteiger charge is -2.20. The Morgan fingerprint density at radius 3 is 2.22 bits per heavy atom. The molecule has 0 aliphatic rings. The second kappa shape index (κ2) is 8.05. The van der Waals surface area contributed by atoms with Crippen molar-refractivity contribution >= 4 is 23.2 Å². The van der Waals surface area contributed by atoms with E-state index in [9.17, 15) is 36.2 Å². The van der Waals surface area contributed by atoms with Crippen molar-refractivity contribution in [3.8, 4) is 17.0 Å².